The lowest BCUT2D eigenvalue weighted by atomic mass is 10.1. The highest BCUT2D eigenvalue weighted by molar-refractivity contribution is 5.95. The standard InChI is InChI=1S/C29H32F3N9O4/c1-5-20-24(38-11-13-39(14-12-38)25(44)23-21(42)7-6-10-33-23)26(45)41-28(35-27(36-41)37(3)4)40(20)16-22(43)34-19-9-8-18(15-17(19)2)29(30,31)32/h6-10,15,42H,5,11-14,16H2,1-4H3,(H,34,43). The molecule has 0 saturated carbocycles. The molecule has 0 bridgehead atoms. The zero-order chi connectivity index (χ0) is 32.6. The van der Waals surface area contributed by atoms with Gasteiger partial charge in [0.15, 0.2) is 5.69 Å². The number of carbonyl (C=O) groups excluding carboxylic acids is 2. The van der Waals surface area contributed by atoms with Crippen molar-refractivity contribution >= 4 is 34.9 Å². The average Bonchev–Trinajstić information content (AvgIpc) is 3.45. The Morgan fingerprint density at radius 2 is 1.82 bits per heavy atom. The van der Waals surface area contributed by atoms with E-state index in [4.69, 9.17) is 0 Å². The molecule has 1 aliphatic rings. The van der Waals surface area contributed by atoms with E-state index in [-0.39, 0.29) is 67.1 Å². The number of hydrogen-bond donors (Lipinski definition) is 2. The molecule has 4 heterocycles. The van der Waals surface area contributed by atoms with Gasteiger partial charge in [0.05, 0.1) is 11.3 Å². The van der Waals surface area contributed by atoms with Crippen molar-refractivity contribution in [2.75, 3.05) is 55.4 Å². The van der Waals surface area contributed by atoms with E-state index < -0.39 is 29.1 Å². The monoisotopic (exact) mass is 627 g/mol. The number of fused-ring (bicyclic) bond motifs is 1. The third-order valence-corrected chi connectivity index (χ3v) is 7.55. The Kier molecular flexibility index (Phi) is 8.40. The summed E-state index contributed by atoms with van der Waals surface area (Å²) in [7, 11) is 3.42. The number of anilines is 3. The summed E-state index contributed by atoms with van der Waals surface area (Å²) in [5.74, 6) is -0.825. The van der Waals surface area contributed by atoms with Crippen molar-refractivity contribution in [1.82, 2.24) is 29.0 Å². The first kappa shape index (κ1) is 31.3. The molecule has 1 aromatic carbocycles. The fourth-order valence-corrected chi connectivity index (χ4v) is 5.27. The van der Waals surface area contributed by atoms with Gasteiger partial charge in [-0.05, 0) is 49.2 Å². The van der Waals surface area contributed by atoms with Crippen LogP contribution in [0.2, 0.25) is 0 Å². The summed E-state index contributed by atoms with van der Waals surface area (Å²) in [6.07, 6.45) is -2.76. The zero-order valence-electron chi connectivity index (χ0n) is 25.1. The number of carbonyl (C=O) groups is 2. The second-order valence-electron chi connectivity index (χ2n) is 10.8. The van der Waals surface area contributed by atoms with Crippen molar-refractivity contribution in [3.63, 3.8) is 0 Å². The number of rotatable bonds is 7. The van der Waals surface area contributed by atoms with Gasteiger partial charge in [-0.2, -0.15) is 22.7 Å². The number of hydrogen-bond acceptors (Lipinski definition) is 9. The summed E-state index contributed by atoms with van der Waals surface area (Å²) in [5, 5.41) is 17.1. The van der Waals surface area contributed by atoms with Gasteiger partial charge in [-0.15, -0.1) is 5.10 Å². The van der Waals surface area contributed by atoms with E-state index >= 15 is 0 Å². The highest BCUT2D eigenvalue weighted by Gasteiger charge is 2.32. The van der Waals surface area contributed by atoms with Crippen LogP contribution < -0.4 is 20.7 Å². The molecule has 238 valence electrons. The molecule has 13 nitrogen and oxygen atoms in total. The number of halogens is 3. The number of benzene rings is 1. The minimum Gasteiger partial charge on any atom is -0.505 e. The van der Waals surface area contributed by atoms with E-state index in [1.54, 1.807) is 28.5 Å². The van der Waals surface area contributed by atoms with Crippen LogP contribution in [0.4, 0.5) is 30.5 Å². The Morgan fingerprint density at radius 3 is 2.42 bits per heavy atom. The molecule has 2 amide bonds. The van der Waals surface area contributed by atoms with Crippen molar-refractivity contribution in [3.05, 3.63) is 69.4 Å². The molecule has 0 aliphatic carbocycles. The first-order chi connectivity index (χ1) is 21.3. The van der Waals surface area contributed by atoms with Gasteiger partial charge in [0, 0.05) is 52.2 Å². The summed E-state index contributed by atoms with van der Waals surface area (Å²) >= 11 is 0. The van der Waals surface area contributed by atoms with Crippen LogP contribution in [0.25, 0.3) is 5.78 Å². The highest BCUT2D eigenvalue weighted by Crippen LogP contribution is 2.32. The first-order valence-corrected chi connectivity index (χ1v) is 14.2. The predicted molar refractivity (Wildman–Crippen MR) is 160 cm³/mol. The van der Waals surface area contributed by atoms with Crippen LogP contribution in [-0.2, 0) is 23.9 Å². The number of aryl methyl sites for hydroxylation is 1. The number of alkyl halides is 3. The minimum atomic E-state index is -4.52. The molecule has 4 aromatic rings. The van der Waals surface area contributed by atoms with Crippen LogP contribution in [0.1, 0.15) is 34.2 Å². The van der Waals surface area contributed by atoms with E-state index in [0.29, 0.717) is 17.8 Å². The number of pyridine rings is 1. The van der Waals surface area contributed by atoms with Gasteiger partial charge in [0.2, 0.25) is 17.6 Å². The van der Waals surface area contributed by atoms with Gasteiger partial charge in [0.1, 0.15) is 18.0 Å². The van der Waals surface area contributed by atoms with E-state index in [1.165, 1.54) is 31.3 Å². The Hall–Kier alpha value is -5.15. The molecule has 0 atom stereocenters. The second kappa shape index (κ2) is 12.1. The Balaban J connectivity index is 1.47. The summed E-state index contributed by atoms with van der Waals surface area (Å²) in [5.41, 5.74) is -0.0617. The highest BCUT2D eigenvalue weighted by atomic mass is 19.4. The van der Waals surface area contributed by atoms with Gasteiger partial charge in [-0.25, -0.2) is 4.98 Å². The van der Waals surface area contributed by atoms with Crippen molar-refractivity contribution in [2.24, 2.45) is 0 Å². The van der Waals surface area contributed by atoms with E-state index in [9.17, 15) is 32.7 Å². The number of amides is 2. The SMILES string of the molecule is CCc1c(N2CCN(C(=O)c3ncccc3O)CC2)c(=O)n2nc(N(C)C)nc2n1CC(=O)Nc1ccc(C(F)(F)F)cc1C. The van der Waals surface area contributed by atoms with Gasteiger partial charge < -0.3 is 29.7 Å². The van der Waals surface area contributed by atoms with Crippen molar-refractivity contribution in [2.45, 2.75) is 33.0 Å². The van der Waals surface area contributed by atoms with Crippen LogP contribution in [0.15, 0.2) is 41.3 Å². The number of piperazine rings is 1. The van der Waals surface area contributed by atoms with Gasteiger partial charge >= 0.3 is 6.18 Å². The van der Waals surface area contributed by atoms with Crippen LogP contribution in [0, 0.1) is 6.92 Å². The summed E-state index contributed by atoms with van der Waals surface area (Å²) in [4.78, 5) is 53.7. The summed E-state index contributed by atoms with van der Waals surface area (Å²) in [6, 6.07) is 5.97. The second-order valence-corrected chi connectivity index (χ2v) is 10.8. The Labute approximate surface area is 255 Å². The number of nitrogens with one attached hydrogen (secondary N) is 1. The molecule has 0 unspecified atom stereocenters. The predicted octanol–water partition coefficient (Wildman–Crippen LogP) is 2.55. The average molecular weight is 628 g/mol. The molecule has 0 radical (unpaired) electrons. The molecule has 0 spiro atoms. The van der Waals surface area contributed by atoms with Crippen molar-refractivity contribution in [3.8, 4) is 5.75 Å². The zero-order valence-corrected chi connectivity index (χ0v) is 25.1. The largest absolute Gasteiger partial charge is 0.505 e. The maximum Gasteiger partial charge on any atom is 0.416 e. The molecule has 45 heavy (non-hydrogen) atoms. The normalized spacial score (nSPS) is 13.8. The lowest BCUT2D eigenvalue weighted by molar-refractivity contribution is -0.137. The molecule has 1 aliphatic heterocycles. The summed E-state index contributed by atoms with van der Waals surface area (Å²) < 4.78 is 42.2. The molecular weight excluding hydrogens is 595 g/mol. The number of aromatic hydroxyl groups is 1. The van der Waals surface area contributed by atoms with E-state index in [0.717, 1.165) is 16.6 Å². The lowest BCUT2D eigenvalue weighted by Crippen LogP contribution is -2.51. The molecule has 3 aromatic heterocycles. The smallest absolute Gasteiger partial charge is 0.416 e. The number of nitrogens with zero attached hydrogens (tertiary/aromatic N) is 8. The van der Waals surface area contributed by atoms with E-state index in [1.807, 2.05) is 11.8 Å². The molecule has 16 heteroatoms. The minimum absolute atomic E-state index is 0.0582. The summed E-state index contributed by atoms with van der Waals surface area (Å²) in [6.45, 7) is 4.03. The fraction of sp³-hybridized carbons (Fsp3) is 0.379. The Morgan fingerprint density at radius 1 is 1.11 bits per heavy atom. The molecule has 5 rings (SSSR count). The van der Waals surface area contributed by atoms with Gasteiger partial charge in [0.25, 0.3) is 11.5 Å². The third-order valence-electron chi connectivity index (χ3n) is 7.55. The molecule has 1 saturated heterocycles. The molecular formula is C29H32F3N9O4. The van der Waals surface area contributed by atoms with E-state index in [2.05, 4.69) is 20.4 Å². The first-order valence-electron chi connectivity index (χ1n) is 14.2. The molecule has 1 fully saturated rings. The lowest BCUT2D eigenvalue weighted by Gasteiger charge is -2.36. The van der Waals surface area contributed by atoms with Crippen molar-refractivity contribution < 1.29 is 27.9 Å². The van der Waals surface area contributed by atoms with Gasteiger partial charge in [-0.1, -0.05) is 6.92 Å². The van der Waals surface area contributed by atoms with Crippen LogP contribution in [0.5, 0.6) is 5.75 Å². The quantitative estimate of drug-likeness (QED) is 0.316. The van der Waals surface area contributed by atoms with Crippen molar-refractivity contribution in [1.29, 1.82) is 0 Å². The Bertz CT molecular complexity index is 1830. The van der Waals surface area contributed by atoms with Crippen LogP contribution in [0.3, 0.4) is 0 Å². The molecule has 2 N–H and O–H groups in total. The van der Waals surface area contributed by atoms with Gasteiger partial charge in [-0.3, -0.25) is 14.4 Å². The van der Waals surface area contributed by atoms with Crippen LogP contribution >= 0.6 is 0 Å². The number of aromatic nitrogens is 5. The maximum atomic E-state index is 13.9. The van der Waals surface area contributed by atoms with Crippen LogP contribution in [-0.4, -0.2) is 86.2 Å². The third kappa shape index (κ3) is 6.12. The maximum absolute atomic E-state index is 13.9. The fourth-order valence-electron chi connectivity index (χ4n) is 5.27. The topological polar surface area (TPSA) is 141 Å².